The summed E-state index contributed by atoms with van der Waals surface area (Å²) >= 11 is 4.74. The van der Waals surface area contributed by atoms with Crippen molar-refractivity contribution in [3.63, 3.8) is 0 Å². The molecule has 1 aromatic rings. The van der Waals surface area contributed by atoms with Crippen molar-refractivity contribution < 1.29 is 8.42 Å². The lowest BCUT2D eigenvalue weighted by atomic mass is 10.3. The molecule has 0 aliphatic heterocycles. The van der Waals surface area contributed by atoms with E-state index in [0.29, 0.717) is 0 Å². The summed E-state index contributed by atoms with van der Waals surface area (Å²) in [6, 6.07) is 2.90. The fraction of sp³-hybridized carbons (Fsp3) is 0.250. The van der Waals surface area contributed by atoms with E-state index in [1.54, 1.807) is 14.1 Å². The van der Waals surface area contributed by atoms with Crippen LogP contribution in [0.3, 0.4) is 0 Å². The Labute approximate surface area is 99.5 Å². The van der Waals surface area contributed by atoms with Gasteiger partial charge < -0.3 is 5.73 Å². The molecule has 0 saturated carbocycles. The van der Waals surface area contributed by atoms with Gasteiger partial charge in [-0.05, 0) is 12.1 Å². The number of thiocarbonyl (C=S) groups is 1. The molecule has 16 heavy (non-hydrogen) atoms. The van der Waals surface area contributed by atoms with Crippen LogP contribution in [-0.4, -0.2) is 37.5 Å². The van der Waals surface area contributed by atoms with E-state index in [9.17, 15) is 8.42 Å². The zero-order chi connectivity index (χ0) is 12.3. The highest BCUT2D eigenvalue weighted by Gasteiger charge is 2.20. The molecule has 0 aliphatic rings. The molecule has 0 spiro atoms. The van der Waals surface area contributed by atoms with Crippen molar-refractivity contribution in [1.82, 2.24) is 14.8 Å². The number of rotatable bonds is 4. The van der Waals surface area contributed by atoms with Crippen LogP contribution in [0.2, 0.25) is 0 Å². The fourth-order valence-corrected chi connectivity index (χ4v) is 2.56. The average Bonchev–Trinajstić information content (AvgIpc) is 2.15. The van der Waals surface area contributed by atoms with Crippen molar-refractivity contribution in [3.05, 3.63) is 24.0 Å². The number of hydrogen-bond acceptors (Lipinski definition) is 5. The van der Waals surface area contributed by atoms with Crippen molar-refractivity contribution in [2.24, 2.45) is 5.73 Å². The van der Waals surface area contributed by atoms with Crippen LogP contribution in [0.1, 0.15) is 5.69 Å². The second kappa shape index (κ2) is 4.83. The van der Waals surface area contributed by atoms with Crippen LogP contribution in [0.15, 0.2) is 23.2 Å². The van der Waals surface area contributed by atoms with E-state index in [1.165, 1.54) is 23.3 Å². The molecular formula is C8H12N4O2S2. The minimum absolute atomic E-state index is 0.0313. The molecule has 8 heteroatoms. The van der Waals surface area contributed by atoms with Crippen molar-refractivity contribution in [3.8, 4) is 0 Å². The highest BCUT2D eigenvalue weighted by atomic mass is 32.2. The van der Waals surface area contributed by atoms with Gasteiger partial charge in [-0.25, -0.2) is 13.4 Å². The summed E-state index contributed by atoms with van der Waals surface area (Å²) in [7, 11) is -0.562. The Morgan fingerprint density at radius 2 is 2.19 bits per heavy atom. The molecule has 0 radical (unpaired) electrons. The number of aromatic nitrogens is 1. The molecule has 0 aromatic carbocycles. The monoisotopic (exact) mass is 260 g/mol. The van der Waals surface area contributed by atoms with Crippen LogP contribution >= 0.6 is 12.2 Å². The van der Waals surface area contributed by atoms with Gasteiger partial charge in [-0.15, -0.1) is 4.83 Å². The van der Waals surface area contributed by atoms with E-state index in [1.807, 2.05) is 0 Å². The lowest BCUT2D eigenvalue weighted by Gasteiger charge is -2.13. The summed E-state index contributed by atoms with van der Waals surface area (Å²) in [5.41, 5.74) is 5.49. The fourth-order valence-electron chi connectivity index (χ4n) is 1.08. The van der Waals surface area contributed by atoms with E-state index >= 15 is 0 Å². The maximum atomic E-state index is 11.9. The Bertz CT molecular complexity index is 499. The predicted molar refractivity (Wildman–Crippen MR) is 64.1 cm³/mol. The highest BCUT2D eigenvalue weighted by Crippen LogP contribution is 2.12. The van der Waals surface area contributed by atoms with Gasteiger partial charge in [-0.3, -0.25) is 4.98 Å². The van der Waals surface area contributed by atoms with Gasteiger partial charge in [0, 0.05) is 20.3 Å². The maximum Gasteiger partial charge on any atom is 0.255 e. The number of hydrazine groups is 1. The van der Waals surface area contributed by atoms with Crippen LogP contribution in [-0.2, 0) is 10.0 Å². The Balaban J connectivity index is 3.28. The minimum atomic E-state index is -3.69. The number of pyridine rings is 1. The molecule has 3 N–H and O–H groups in total. The number of nitrogens with one attached hydrogen (secondary N) is 1. The molecule has 1 aromatic heterocycles. The zero-order valence-corrected chi connectivity index (χ0v) is 10.5. The molecular weight excluding hydrogens is 248 g/mol. The molecule has 0 aliphatic carbocycles. The smallest absolute Gasteiger partial charge is 0.255 e. The first-order valence-electron chi connectivity index (χ1n) is 4.29. The lowest BCUT2D eigenvalue weighted by molar-refractivity contribution is 0.364. The van der Waals surface area contributed by atoms with Gasteiger partial charge in [0.25, 0.3) is 10.0 Å². The predicted octanol–water partition coefficient (Wildman–Crippen LogP) is -0.529. The van der Waals surface area contributed by atoms with Crippen molar-refractivity contribution in [1.29, 1.82) is 0 Å². The topological polar surface area (TPSA) is 88.3 Å². The van der Waals surface area contributed by atoms with E-state index in [0.717, 1.165) is 0 Å². The van der Waals surface area contributed by atoms with Gasteiger partial charge >= 0.3 is 0 Å². The van der Waals surface area contributed by atoms with E-state index < -0.39 is 10.0 Å². The van der Waals surface area contributed by atoms with Crippen LogP contribution in [0.25, 0.3) is 0 Å². The van der Waals surface area contributed by atoms with Crippen LogP contribution in [0.5, 0.6) is 0 Å². The molecule has 88 valence electrons. The molecule has 0 unspecified atom stereocenters. The SMILES string of the molecule is CN(C)NS(=O)(=O)c1cccnc1C(N)=S. The Morgan fingerprint density at radius 3 is 2.69 bits per heavy atom. The number of sulfonamides is 1. The van der Waals surface area contributed by atoms with Gasteiger partial charge in [0.1, 0.15) is 15.6 Å². The standard InChI is InChI=1S/C8H12N4O2S2/c1-12(2)11-16(13,14)6-4-3-5-10-7(6)8(9)15/h3-5,11H,1-2H3,(H2,9,15). The number of nitrogens with zero attached hydrogens (tertiary/aromatic N) is 2. The van der Waals surface area contributed by atoms with Crippen LogP contribution < -0.4 is 10.6 Å². The van der Waals surface area contributed by atoms with Gasteiger partial charge in [0.15, 0.2) is 0 Å². The first-order chi connectivity index (χ1) is 7.34. The van der Waals surface area contributed by atoms with Gasteiger partial charge in [-0.1, -0.05) is 12.2 Å². The van der Waals surface area contributed by atoms with E-state index in [2.05, 4.69) is 9.82 Å². The summed E-state index contributed by atoms with van der Waals surface area (Å²) < 4.78 is 23.7. The highest BCUT2D eigenvalue weighted by molar-refractivity contribution is 7.89. The zero-order valence-electron chi connectivity index (χ0n) is 8.84. The third-order valence-corrected chi connectivity index (χ3v) is 3.30. The summed E-state index contributed by atoms with van der Waals surface area (Å²) in [5, 5.41) is 1.31. The number of hydrogen-bond donors (Lipinski definition) is 2. The largest absolute Gasteiger partial charge is 0.388 e. The van der Waals surface area contributed by atoms with E-state index in [-0.39, 0.29) is 15.6 Å². The quantitative estimate of drug-likeness (QED) is 0.559. The summed E-state index contributed by atoms with van der Waals surface area (Å²) in [6.45, 7) is 0. The normalized spacial score (nSPS) is 11.7. The third kappa shape index (κ3) is 2.95. The molecule has 0 saturated heterocycles. The van der Waals surface area contributed by atoms with Gasteiger partial charge in [0.05, 0.1) is 0 Å². The molecule has 1 heterocycles. The molecule has 0 atom stereocenters. The lowest BCUT2D eigenvalue weighted by Crippen LogP contribution is -2.37. The first-order valence-corrected chi connectivity index (χ1v) is 6.18. The summed E-state index contributed by atoms with van der Waals surface area (Å²) in [6.07, 6.45) is 1.43. The number of nitrogens with two attached hydrogens (primary N) is 1. The van der Waals surface area contributed by atoms with Crippen molar-refractivity contribution in [2.75, 3.05) is 14.1 Å². The van der Waals surface area contributed by atoms with Gasteiger partial charge in [-0.2, -0.15) is 0 Å². The molecule has 6 nitrogen and oxygen atoms in total. The Kier molecular flexibility index (Phi) is 3.92. The first kappa shape index (κ1) is 13.0. The van der Waals surface area contributed by atoms with Crippen LogP contribution in [0.4, 0.5) is 0 Å². The molecule has 0 amide bonds. The van der Waals surface area contributed by atoms with Crippen molar-refractivity contribution in [2.45, 2.75) is 4.90 Å². The van der Waals surface area contributed by atoms with Crippen LogP contribution in [0, 0.1) is 0 Å². The second-order valence-corrected chi connectivity index (χ2v) is 5.27. The third-order valence-electron chi connectivity index (χ3n) is 1.60. The maximum absolute atomic E-state index is 11.9. The molecule has 0 fully saturated rings. The summed E-state index contributed by atoms with van der Waals surface area (Å²) in [4.78, 5) is 6.04. The van der Waals surface area contributed by atoms with Gasteiger partial charge in [0.2, 0.25) is 0 Å². The second-order valence-electron chi connectivity index (χ2n) is 3.20. The molecule has 1 rings (SSSR count). The Hall–Kier alpha value is -1.09. The average molecular weight is 260 g/mol. The molecule has 0 bridgehead atoms. The summed E-state index contributed by atoms with van der Waals surface area (Å²) in [5.74, 6) is 0. The minimum Gasteiger partial charge on any atom is -0.388 e. The van der Waals surface area contributed by atoms with E-state index in [4.69, 9.17) is 18.0 Å². The Morgan fingerprint density at radius 1 is 1.56 bits per heavy atom. The van der Waals surface area contributed by atoms with Crippen molar-refractivity contribution >= 4 is 27.2 Å².